The van der Waals surface area contributed by atoms with E-state index < -0.39 is 33.3 Å². The number of sulfonamides is 1. The minimum atomic E-state index is -4.12. The Bertz CT molecular complexity index is 1080. The topological polar surface area (TPSA) is 70.2 Å². The summed E-state index contributed by atoms with van der Waals surface area (Å²) < 4.78 is 62.6. The molecule has 10 heteroatoms. The molecule has 206 valence electrons. The van der Waals surface area contributed by atoms with Gasteiger partial charge >= 0.3 is 6.09 Å². The monoisotopic (exact) mass is 539 g/mol. The fraction of sp³-hybridized carbons (Fsp3) is 0.741. The van der Waals surface area contributed by atoms with Gasteiger partial charge in [0.2, 0.25) is 10.0 Å². The first-order chi connectivity index (χ1) is 17.7. The van der Waals surface area contributed by atoms with Gasteiger partial charge in [0.05, 0.1) is 10.9 Å². The van der Waals surface area contributed by atoms with Crippen molar-refractivity contribution in [3.63, 3.8) is 0 Å². The number of carbonyl (C=O) groups is 1. The zero-order valence-electron chi connectivity index (χ0n) is 21.7. The number of amides is 1. The summed E-state index contributed by atoms with van der Waals surface area (Å²) in [5.41, 5.74) is -0.861. The Balaban J connectivity index is 1.30. The van der Waals surface area contributed by atoms with Gasteiger partial charge in [-0.2, -0.15) is 4.31 Å². The SMILES string of the molecule is CC[C@@H]1CCC[C@H](C2(OC(=O)N3CCC(N4CCCCC4)CC3)CC2)N1S(=O)(=O)c1ccc(F)c(F)c1. The molecule has 0 N–H and O–H groups in total. The Kier molecular flexibility index (Phi) is 7.80. The second-order valence-electron chi connectivity index (χ2n) is 11.2. The quantitative estimate of drug-likeness (QED) is 0.514. The zero-order chi connectivity index (χ0) is 26.2. The van der Waals surface area contributed by atoms with Gasteiger partial charge < -0.3 is 14.5 Å². The highest BCUT2D eigenvalue weighted by molar-refractivity contribution is 7.89. The van der Waals surface area contributed by atoms with E-state index in [1.807, 2.05) is 6.92 Å². The third-order valence-corrected chi connectivity index (χ3v) is 10.8. The molecule has 1 aliphatic carbocycles. The number of hydrogen-bond donors (Lipinski definition) is 0. The summed E-state index contributed by atoms with van der Waals surface area (Å²) >= 11 is 0. The number of halogens is 2. The molecule has 0 aromatic heterocycles. The maximum atomic E-state index is 14.0. The lowest BCUT2D eigenvalue weighted by molar-refractivity contribution is -0.0144. The number of rotatable bonds is 6. The van der Waals surface area contributed by atoms with E-state index in [0.717, 1.165) is 50.6 Å². The molecule has 0 radical (unpaired) electrons. The van der Waals surface area contributed by atoms with E-state index in [-0.39, 0.29) is 17.0 Å². The molecule has 4 fully saturated rings. The first-order valence-electron chi connectivity index (χ1n) is 14.0. The number of carbonyl (C=O) groups excluding carboxylic acids is 1. The van der Waals surface area contributed by atoms with E-state index in [9.17, 15) is 22.0 Å². The van der Waals surface area contributed by atoms with Gasteiger partial charge in [0, 0.05) is 25.2 Å². The van der Waals surface area contributed by atoms with Crippen molar-refractivity contribution in [1.29, 1.82) is 0 Å². The summed E-state index contributed by atoms with van der Waals surface area (Å²) in [7, 11) is -4.12. The molecule has 0 unspecified atom stereocenters. The molecular weight excluding hydrogens is 500 g/mol. The highest BCUT2D eigenvalue weighted by atomic mass is 32.2. The predicted molar refractivity (Wildman–Crippen MR) is 136 cm³/mol. The van der Waals surface area contributed by atoms with Crippen LogP contribution in [0.25, 0.3) is 0 Å². The fourth-order valence-electron chi connectivity index (χ4n) is 6.62. The third kappa shape index (κ3) is 5.39. The van der Waals surface area contributed by atoms with Crippen LogP contribution in [0.4, 0.5) is 13.6 Å². The van der Waals surface area contributed by atoms with Crippen LogP contribution in [0.1, 0.15) is 77.6 Å². The smallest absolute Gasteiger partial charge is 0.410 e. The lowest BCUT2D eigenvalue weighted by atomic mass is 9.92. The lowest BCUT2D eigenvalue weighted by Gasteiger charge is -2.45. The second-order valence-corrected chi connectivity index (χ2v) is 13.0. The molecule has 2 atom stereocenters. The number of likely N-dealkylation sites (tertiary alicyclic amines) is 2. The highest BCUT2D eigenvalue weighted by Crippen LogP contribution is 2.50. The standard InChI is InChI=1S/C27H39F2N3O4S/c1-2-20-7-6-8-25(32(20)37(34,35)22-9-10-23(28)24(29)19-22)27(13-14-27)36-26(33)31-17-11-21(12-18-31)30-15-4-3-5-16-30/h9-10,19-21,25H,2-8,11-18H2,1H3/t20-,25-/m1/s1. The Labute approximate surface area is 219 Å². The van der Waals surface area contributed by atoms with Gasteiger partial charge in [-0.3, -0.25) is 0 Å². The number of piperidine rings is 3. The van der Waals surface area contributed by atoms with Crippen molar-refractivity contribution in [2.24, 2.45) is 0 Å². The van der Waals surface area contributed by atoms with Crippen molar-refractivity contribution < 1.29 is 26.7 Å². The van der Waals surface area contributed by atoms with Crippen LogP contribution >= 0.6 is 0 Å². The van der Waals surface area contributed by atoms with E-state index in [1.54, 1.807) is 4.90 Å². The number of ether oxygens (including phenoxy) is 1. The highest BCUT2D eigenvalue weighted by Gasteiger charge is 2.59. The first kappa shape index (κ1) is 26.8. The van der Waals surface area contributed by atoms with Crippen molar-refractivity contribution in [2.75, 3.05) is 26.2 Å². The van der Waals surface area contributed by atoms with Crippen molar-refractivity contribution in [1.82, 2.24) is 14.1 Å². The van der Waals surface area contributed by atoms with Crippen molar-refractivity contribution in [3.05, 3.63) is 29.8 Å². The van der Waals surface area contributed by atoms with Gasteiger partial charge in [0.15, 0.2) is 11.6 Å². The summed E-state index contributed by atoms with van der Waals surface area (Å²) in [6.45, 7) is 5.50. The van der Waals surface area contributed by atoms with Crippen LogP contribution in [-0.2, 0) is 14.8 Å². The molecule has 1 amide bonds. The predicted octanol–water partition coefficient (Wildman–Crippen LogP) is 4.91. The Morgan fingerprint density at radius 3 is 2.30 bits per heavy atom. The van der Waals surface area contributed by atoms with E-state index in [0.29, 0.717) is 51.2 Å². The molecule has 7 nitrogen and oxygen atoms in total. The van der Waals surface area contributed by atoms with E-state index in [2.05, 4.69) is 4.90 Å². The van der Waals surface area contributed by atoms with Gasteiger partial charge in [0.1, 0.15) is 5.60 Å². The molecular formula is C27H39F2N3O4S. The first-order valence-corrected chi connectivity index (χ1v) is 15.4. The fourth-order valence-corrected chi connectivity index (χ4v) is 8.63. The summed E-state index contributed by atoms with van der Waals surface area (Å²) in [5.74, 6) is -2.28. The summed E-state index contributed by atoms with van der Waals surface area (Å²) in [6, 6.07) is 2.43. The van der Waals surface area contributed by atoms with Gasteiger partial charge in [0.25, 0.3) is 0 Å². The van der Waals surface area contributed by atoms with Gasteiger partial charge in [-0.05, 0) is 89.1 Å². The second kappa shape index (κ2) is 10.8. The minimum absolute atomic E-state index is 0.265. The van der Waals surface area contributed by atoms with Crippen LogP contribution in [-0.4, -0.2) is 78.5 Å². The van der Waals surface area contributed by atoms with E-state index in [4.69, 9.17) is 4.74 Å². The molecule has 3 heterocycles. The Morgan fingerprint density at radius 1 is 0.973 bits per heavy atom. The number of hydrogen-bond acceptors (Lipinski definition) is 5. The van der Waals surface area contributed by atoms with Gasteiger partial charge in [-0.1, -0.05) is 19.8 Å². The van der Waals surface area contributed by atoms with Crippen molar-refractivity contribution in [2.45, 2.75) is 106 Å². The summed E-state index contributed by atoms with van der Waals surface area (Å²) in [5, 5.41) is 0. The van der Waals surface area contributed by atoms with Crippen molar-refractivity contribution >= 4 is 16.1 Å². The average Bonchev–Trinajstić information content (AvgIpc) is 3.70. The van der Waals surface area contributed by atoms with E-state index >= 15 is 0 Å². The molecule has 37 heavy (non-hydrogen) atoms. The Morgan fingerprint density at radius 2 is 1.68 bits per heavy atom. The molecule has 0 bridgehead atoms. The summed E-state index contributed by atoms with van der Waals surface area (Å²) in [4.78, 5) is 17.3. The van der Waals surface area contributed by atoms with Crippen LogP contribution in [0.5, 0.6) is 0 Å². The molecule has 1 saturated carbocycles. The molecule has 0 spiro atoms. The van der Waals surface area contributed by atoms with Crippen LogP contribution < -0.4 is 0 Å². The largest absolute Gasteiger partial charge is 0.441 e. The van der Waals surface area contributed by atoms with Crippen molar-refractivity contribution in [3.8, 4) is 0 Å². The normalized spacial score (nSPS) is 27.7. The van der Waals surface area contributed by atoms with Crippen LogP contribution in [0, 0.1) is 11.6 Å². The molecule has 3 saturated heterocycles. The molecule has 5 rings (SSSR count). The number of nitrogens with zero attached hydrogens (tertiary/aromatic N) is 3. The molecule has 4 aliphatic rings. The lowest BCUT2D eigenvalue weighted by Crippen LogP contribution is -2.57. The molecule has 1 aromatic rings. The van der Waals surface area contributed by atoms with Gasteiger partial charge in [-0.25, -0.2) is 22.0 Å². The number of benzene rings is 1. The Hall–Kier alpha value is -1.78. The third-order valence-electron chi connectivity index (χ3n) is 8.89. The van der Waals surface area contributed by atoms with Crippen LogP contribution in [0.15, 0.2) is 23.1 Å². The maximum absolute atomic E-state index is 14.0. The van der Waals surface area contributed by atoms with Crippen LogP contribution in [0.3, 0.4) is 0 Å². The maximum Gasteiger partial charge on any atom is 0.410 e. The molecule has 3 aliphatic heterocycles. The zero-order valence-corrected chi connectivity index (χ0v) is 22.5. The minimum Gasteiger partial charge on any atom is -0.441 e. The average molecular weight is 540 g/mol. The van der Waals surface area contributed by atoms with Gasteiger partial charge in [-0.15, -0.1) is 0 Å². The molecule has 1 aromatic carbocycles. The van der Waals surface area contributed by atoms with Crippen LogP contribution in [0.2, 0.25) is 0 Å². The summed E-state index contributed by atoms with van der Waals surface area (Å²) in [6.07, 6.45) is 9.17. The van der Waals surface area contributed by atoms with E-state index in [1.165, 1.54) is 23.6 Å².